The Hall–Kier alpha value is -2.80. The van der Waals surface area contributed by atoms with Crippen LogP contribution >= 0.6 is 0 Å². The fourth-order valence-electron chi connectivity index (χ4n) is 3.20. The van der Waals surface area contributed by atoms with Crippen molar-refractivity contribution in [2.24, 2.45) is 0 Å². The van der Waals surface area contributed by atoms with Gasteiger partial charge in [-0.3, -0.25) is 9.69 Å². The predicted octanol–water partition coefficient (Wildman–Crippen LogP) is 1.53. The molecular weight excluding hydrogens is 332 g/mol. The zero-order chi connectivity index (χ0) is 18.5. The van der Waals surface area contributed by atoms with Crippen LogP contribution in [0, 0.1) is 0 Å². The Labute approximate surface area is 152 Å². The number of hydrogen-bond acceptors (Lipinski definition) is 6. The summed E-state index contributed by atoms with van der Waals surface area (Å²) in [5.41, 5.74) is 1.77. The molecule has 1 fully saturated rings. The second kappa shape index (κ2) is 8.05. The van der Waals surface area contributed by atoms with E-state index in [9.17, 15) is 9.90 Å². The predicted molar refractivity (Wildman–Crippen MR) is 101 cm³/mol. The molecule has 0 aliphatic carbocycles. The fraction of sp³-hybridized carbons (Fsp3) is 0.368. The third kappa shape index (κ3) is 4.05. The Bertz CT molecular complexity index is 826. The lowest BCUT2D eigenvalue weighted by molar-refractivity contribution is 0.245. The average Bonchev–Trinajstić information content (AvgIpc) is 2.65. The Kier molecular flexibility index (Phi) is 5.58. The van der Waals surface area contributed by atoms with Crippen LogP contribution in [-0.2, 0) is 13.0 Å². The zero-order valence-corrected chi connectivity index (χ0v) is 14.9. The Morgan fingerprint density at radius 1 is 1.31 bits per heavy atom. The maximum atomic E-state index is 11.4. The van der Waals surface area contributed by atoms with Gasteiger partial charge in [-0.15, -0.1) is 6.58 Å². The molecule has 0 bridgehead atoms. The van der Waals surface area contributed by atoms with Crippen molar-refractivity contribution in [1.82, 2.24) is 14.9 Å². The molecule has 7 nitrogen and oxygen atoms in total. The van der Waals surface area contributed by atoms with Crippen molar-refractivity contribution < 1.29 is 9.84 Å². The molecule has 138 valence electrons. The van der Waals surface area contributed by atoms with Crippen LogP contribution < -0.4 is 15.2 Å². The van der Waals surface area contributed by atoms with E-state index in [0.29, 0.717) is 18.1 Å². The Balaban J connectivity index is 1.68. The summed E-state index contributed by atoms with van der Waals surface area (Å²) in [6.07, 6.45) is 3.99. The first-order valence-electron chi connectivity index (χ1n) is 8.62. The van der Waals surface area contributed by atoms with Gasteiger partial charge in [-0.25, -0.2) is 4.98 Å². The molecule has 7 heteroatoms. The van der Waals surface area contributed by atoms with Gasteiger partial charge >= 0.3 is 0 Å². The zero-order valence-electron chi connectivity index (χ0n) is 14.9. The monoisotopic (exact) mass is 356 g/mol. The minimum absolute atomic E-state index is 0.145. The number of benzene rings is 1. The standard InChI is InChI=1S/C19H24N4O3/c1-3-4-14-9-15(19(25)16(10-14)26-2)12-22-5-7-23(8-6-22)17-11-18(24)21-13-20-17/h3,9-11,13,25H,1,4-8,12H2,2H3,(H,20,21,24). The summed E-state index contributed by atoms with van der Waals surface area (Å²) < 4.78 is 5.30. The highest BCUT2D eigenvalue weighted by Crippen LogP contribution is 2.33. The van der Waals surface area contributed by atoms with E-state index < -0.39 is 0 Å². The minimum atomic E-state index is -0.145. The van der Waals surface area contributed by atoms with Gasteiger partial charge in [0.25, 0.3) is 5.56 Å². The van der Waals surface area contributed by atoms with E-state index in [2.05, 4.69) is 26.3 Å². The quantitative estimate of drug-likeness (QED) is 0.764. The number of H-pyrrole nitrogens is 1. The second-order valence-electron chi connectivity index (χ2n) is 6.33. The number of aromatic nitrogens is 2. The third-order valence-electron chi connectivity index (χ3n) is 4.57. The van der Waals surface area contributed by atoms with Crippen LogP contribution in [0.4, 0.5) is 5.82 Å². The molecule has 2 N–H and O–H groups in total. The number of allylic oxidation sites excluding steroid dienone is 1. The molecule has 1 saturated heterocycles. The number of phenols is 1. The Morgan fingerprint density at radius 2 is 2.08 bits per heavy atom. The van der Waals surface area contributed by atoms with E-state index in [4.69, 9.17) is 4.74 Å². The van der Waals surface area contributed by atoms with Gasteiger partial charge in [0.05, 0.1) is 13.4 Å². The normalized spacial score (nSPS) is 15.0. The number of phenolic OH excluding ortho intramolecular Hbond substituents is 1. The molecule has 0 amide bonds. The van der Waals surface area contributed by atoms with E-state index in [0.717, 1.165) is 43.7 Å². The molecule has 3 rings (SSSR count). The highest BCUT2D eigenvalue weighted by Gasteiger charge is 2.20. The van der Waals surface area contributed by atoms with Crippen molar-refractivity contribution in [2.45, 2.75) is 13.0 Å². The average molecular weight is 356 g/mol. The smallest absolute Gasteiger partial charge is 0.252 e. The number of ether oxygens (including phenoxy) is 1. The molecular formula is C19H24N4O3. The number of piperazine rings is 1. The molecule has 1 aliphatic heterocycles. The third-order valence-corrected chi connectivity index (χ3v) is 4.57. The van der Waals surface area contributed by atoms with Crippen molar-refractivity contribution in [3.05, 3.63) is 58.7 Å². The largest absolute Gasteiger partial charge is 0.504 e. The molecule has 0 radical (unpaired) electrons. The van der Waals surface area contributed by atoms with Crippen LogP contribution in [0.25, 0.3) is 0 Å². The van der Waals surface area contributed by atoms with E-state index in [1.807, 2.05) is 18.2 Å². The molecule has 0 atom stereocenters. The van der Waals surface area contributed by atoms with Gasteiger partial charge in [0.15, 0.2) is 11.5 Å². The van der Waals surface area contributed by atoms with Gasteiger partial charge in [0, 0.05) is 44.4 Å². The van der Waals surface area contributed by atoms with Crippen molar-refractivity contribution in [3.63, 3.8) is 0 Å². The summed E-state index contributed by atoms with van der Waals surface area (Å²) >= 11 is 0. The first-order valence-corrected chi connectivity index (χ1v) is 8.62. The second-order valence-corrected chi connectivity index (χ2v) is 6.33. The molecule has 1 aromatic heterocycles. The number of anilines is 1. The van der Waals surface area contributed by atoms with Crippen molar-refractivity contribution in [1.29, 1.82) is 0 Å². The number of rotatable bonds is 6. The number of aromatic amines is 1. The summed E-state index contributed by atoms with van der Waals surface area (Å²) in [5, 5.41) is 10.4. The molecule has 26 heavy (non-hydrogen) atoms. The van der Waals surface area contributed by atoms with Gasteiger partial charge < -0.3 is 19.7 Å². The number of aromatic hydroxyl groups is 1. The van der Waals surface area contributed by atoms with Gasteiger partial charge in [-0.2, -0.15) is 0 Å². The van der Waals surface area contributed by atoms with Gasteiger partial charge in [-0.1, -0.05) is 12.1 Å². The molecule has 2 heterocycles. The highest BCUT2D eigenvalue weighted by atomic mass is 16.5. The van der Waals surface area contributed by atoms with Gasteiger partial charge in [0.2, 0.25) is 0 Å². The maximum Gasteiger partial charge on any atom is 0.252 e. The lowest BCUT2D eigenvalue weighted by Crippen LogP contribution is -2.46. The number of nitrogens with one attached hydrogen (secondary N) is 1. The summed E-state index contributed by atoms with van der Waals surface area (Å²) in [4.78, 5) is 22.6. The van der Waals surface area contributed by atoms with Crippen LogP contribution in [0.15, 0.2) is 42.0 Å². The summed E-state index contributed by atoms with van der Waals surface area (Å²) in [7, 11) is 1.56. The van der Waals surface area contributed by atoms with E-state index in [1.165, 1.54) is 12.4 Å². The van der Waals surface area contributed by atoms with Crippen LogP contribution in [-0.4, -0.2) is 53.3 Å². The van der Waals surface area contributed by atoms with Crippen LogP contribution in [0.1, 0.15) is 11.1 Å². The van der Waals surface area contributed by atoms with Gasteiger partial charge in [-0.05, 0) is 18.1 Å². The minimum Gasteiger partial charge on any atom is -0.504 e. The Morgan fingerprint density at radius 3 is 2.73 bits per heavy atom. The molecule has 2 aromatic rings. The molecule has 0 unspecified atom stereocenters. The number of methoxy groups -OCH3 is 1. The van der Waals surface area contributed by atoms with Crippen molar-refractivity contribution >= 4 is 5.82 Å². The van der Waals surface area contributed by atoms with Gasteiger partial charge in [0.1, 0.15) is 5.82 Å². The SMILES string of the molecule is C=CCc1cc(CN2CCN(c3cc(=O)[nH]cn3)CC2)c(O)c(OC)c1. The summed E-state index contributed by atoms with van der Waals surface area (Å²) in [6, 6.07) is 5.37. The molecule has 0 saturated carbocycles. The highest BCUT2D eigenvalue weighted by molar-refractivity contribution is 5.49. The first-order chi connectivity index (χ1) is 12.6. The van der Waals surface area contributed by atoms with E-state index in [1.54, 1.807) is 7.11 Å². The molecule has 1 aliphatic rings. The first kappa shape index (κ1) is 18.0. The lowest BCUT2D eigenvalue weighted by atomic mass is 10.1. The van der Waals surface area contributed by atoms with E-state index >= 15 is 0 Å². The van der Waals surface area contributed by atoms with Crippen molar-refractivity contribution in [2.75, 3.05) is 38.2 Å². The van der Waals surface area contributed by atoms with Crippen LogP contribution in [0.5, 0.6) is 11.5 Å². The lowest BCUT2D eigenvalue weighted by Gasteiger charge is -2.35. The maximum absolute atomic E-state index is 11.4. The number of hydrogen-bond donors (Lipinski definition) is 2. The summed E-state index contributed by atoms with van der Waals surface area (Å²) in [6.45, 7) is 7.62. The van der Waals surface area contributed by atoms with Crippen molar-refractivity contribution in [3.8, 4) is 11.5 Å². The fourth-order valence-corrected chi connectivity index (χ4v) is 3.20. The molecule has 1 aromatic carbocycles. The van der Waals surface area contributed by atoms with E-state index in [-0.39, 0.29) is 11.3 Å². The number of nitrogens with zero attached hydrogens (tertiary/aromatic N) is 3. The topological polar surface area (TPSA) is 81.7 Å². The van der Waals surface area contributed by atoms with Crippen LogP contribution in [0.3, 0.4) is 0 Å². The summed E-state index contributed by atoms with van der Waals surface area (Å²) in [5.74, 6) is 1.38. The van der Waals surface area contributed by atoms with Crippen LogP contribution in [0.2, 0.25) is 0 Å². The molecule has 0 spiro atoms.